The first-order valence-corrected chi connectivity index (χ1v) is 6.57. The average molecular weight is 292 g/mol. The van der Waals surface area contributed by atoms with Crippen LogP contribution in [0.2, 0.25) is 0 Å². The molecule has 1 aromatic carbocycles. The zero-order chi connectivity index (χ0) is 15.7. The van der Waals surface area contributed by atoms with Gasteiger partial charge in [-0.15, -0.1) is 0 Å². The number of aliphatic carboxylic acids is 1. The van der Waals surface area contributed by atoms with Crippen LogP contribution in [-0.4, -0.2) is 39.9 Å². The molecular formula is C14H16N2O5. The van der Waals surface area contributed by atoms with Gasteiger partial charge >= 0.3 is 5.97 Å². The van der Waals surface area contributed by atoms with E-state index in [2.05, 4.69) is 0 Å². The average Bonchev–Trinajstić information content (AvgIpc) is 2.79. The Morgan fingerprint density at radius 3 is 2.52 bits per heavy atom. The molecule has 0 saturated carbocycles. The molecule has 1 aliphatic heterocycles. The number of carboxylic acids is 1. The Hall–Kier alpha value is -2.44. The van der Waals surface area contributed by atoms with E-state index in [-0.39, 0.29) is 29.6 Å². The Morgan fingerprint density at radius 2 is 2.00 bits per heavy atom. The predicted molar refractivity (Wildman–Crippen MR) is 74.0 cm³/mol. The van der Waals surface area contributed by atoms with Crippen molar-refractivity contribution in [3.63, 3.8) is 0 Å². The largest absolute Gasteiger partial charge is 0.481 e. The van der Waals surface area contributed by atoms with Crippen LogP contribution in [0.1, 0.15) is 22.8 Å². The van der Waals surface area contributed by atoms with Gasteiger partial charge in [0.25, 0.3) is 11.6 Å². The quantitative estimate of drug-likeness (QED) is 0.675. The van der Waals surface area contributed by atoms with E-state index in [1.165, 1.54) is 17.0 Å². The van der Waals surface area contributed by atoms with Crippen LogP contribution in [0.15, 0.2) is 18.2 Å². The van der Waals surface area contributed by atoms with Gasteiger partial charge < -0.3 is 10.0 Å². The minimum atomic E-state index is -0.923. The van der Waals surface area contributed by atoms with Gasteiger partial charge in [-0.05, 0) is 24.5 Å². The highest BCUT2D eigenvalue weighted by Gasteiger charge is 2.37. The number of carbonyl (C=O) groups excluding carboxylic acids is 1. The number of nitro benzene ring substituents is 1. The Bertz CT molecular complexity index is 613. The molecule has 1 N–H and O–H groups in total. The lowest BCUT2D eigenvalue weighted by atomic mass is 9.99. The van der Waals surface area contributed by atoms with Gasteiger partial charge in [0.15, 0.2) is 0 Å². The summed E-state index contributed by atoms with van der Waals surface area (Å²) in [5.74, 6) is -2.01. The number of carbonyl (C=O) groups is 2. The summed E-state index contributed by atoms with van der Waals surface area (Å²) in [7, 11) is 0. The number of benzene rings is 1. The van der Waals surface area contributed by atoms with E-state index in [0.29, 0.717) is 12.1 Å². The van der Waals surface area contributed by atoms with E-state index >= 15 is 0 Å². The van der Waals surface area contributed by atoms with Gasteiger partial charge in [0, 0.05) is 30.8 Å². The summed E-state index contributed by atoms with van der Waals surface area (Å²) in [5.41, 5.74) is 0.704. The SMILES string of the molecule is Cc1cc(C(=O)N2CC(C)C(C(=O)O)C2)cc([N+](=O)[O-])c1. The second-order valence-corrected chi connectivity index (χ2v) is 5.45. The maximum Gasteiger partial charge on any atom is 0.308 e. The highest BCUT2D eigenvalue weighted by molar-refractivity contribution is 5.95. The fourth-order valence-electron chi connectivity index (χ4n) is 2.63. The maximum atomic E-state index is 12.4. The highest BCUT2D eigenvalue weighted by Crippen LogP contribution is 2.26. The highest BCUT2D eigenvalue weighted by atomic mass is 16.6. The second-order valence-electron chi connectivity index (χ2n) is 5.45. The van der Waals surface area contributed by atoms with Crippen molar-refractivity contribution in [2.24, 2.45) is 11.8 Å². The molecule has 0 radical (unpaired) electrons. The number of hydrogen-bond donors (Lipinski definition) is 1. The van der Waals surface area contributed by atoms with Gasteiger partial charge in [0.2, 0.25) is 0 Å². The van der Waals surface area contributed by atoms with Gasteiger partial charge in [-0.3, -0.25) is 19.7 Å². The molecule has 1 saturated heterocycles. The summed E-state index contributed by atoms with van der Waals surface area (Å²) in [6, 6.07) is 4.20. The molecule has 0 spiro atoms. The van der Waals surface area contributed by atoms with E-state index in [1.807, 2.05) is 0 Å². The molecule has 0 aromatic heterocycles. The number of aryl methyl sites for hydroxylation is 1. The monoisotopic (exact) mass is 292 g/mol. The number of rotatable bonds is 3. The normalized spacial score (nSPS) is 21.3. The van der Waals surface area contributed by atoms with E-state index in [1.54, 1.807) is 19.9 Å². The summed E-state index contributed by atoms with van der Waals surface area (Å²) in [6.07, 6.45) is 0. The number of likely N-dealkylation sites (tertiary alicyclic amines) is 1. The molecule has 1 fully saturated rings. The minimum absolute atomic E-state index is 0.133. The summed E-state index contributed by atoms with van der Waals surface area (Å²) in [5, 5.41) is 19.9. The Balaban J connectivity index is 2.25. The van der Waals surface area contributed by atoms with Crippen LogP contribution in [0.25, 0.3) is 0 Å². The van der Waals surface area contributed by atoms with E-state index < -0.39 is 16.8 Å². The fourth-order valence-corrected chi connectivity index (χ4v) is 2.63. The van der Waals surface area contributed by atoms with Crippen molar-refractivity contribution in [3.05, 3.63) is 39.4 Å². The lowest BCUT2D eigenvalue weighted by Gasteiger charge is -2.16. The first-order valence-electron chi connectivity index (χ1n) is 6.57. The number of nitrogens with zero attached hydrogens (tertiary/aromatic N) is 2. The molecule has 1 amide bonds. The van der Waals surface area contributed by atoms with Crippen LogP contribution in [0, 0.1) is 28.9 Å². The van der Waals surface area contributed by atoms with Crippen LogP contribution >= 0.6 is 0 Å². The van der Waals surface area contributed by atoms with Crippen molar-refractivity contribution in [3.8, 4) is 0 Å². The number of hydrogen-bond acceptors (Lipinski definition) is 4. The first-order chi connectivity index (χ1) is 9.79. The maximum absolute atomic E-state index is 12.4. The molecule has 112 valence electrons. The van der Waals surface area contributed by atoms with Crippen molar-refractivity contribution >= 4 is 17.6 Å². The van der Waals surface area contributed by atoms with E-state index in [0.717, 1.165) is 0 Å². The van der Waals surface area contributed by atoms with E-state index in [4.69, 9.17) is 5.11 Å². The molecular weight excluding hydrogens is 276 g/mol. The van der Waals surface area contributed by atoms with Gasteiger partial charge in [-0.1, -0.05) is 6.92 Å². The number of amides is 1. The lowest BCUT2D eigenvalue weighted by Crippen LogP contribution is -2.30. The molecule has 1 heterocycles. The third-order valence-corrected chi connectivity index (χ3v) is 3.74. The molecule has 0 aliphatic carbocycles. The third kappa shape index (κ3) is 3.01. The summed E-state index contributed by atoms with van der Waals surface area (Å²) < 4.78 is 0. The number of non-ortho nitro benzene ring substituents is 1. The summed E-state index contributed by atoms with van der Waals surface area (Å²) in [6.45, 7) is 3.94. The van der Waals surface area contributed by atoms with E-state index in [9.17, 15) is 19.7 Å². The van der Waals surface area contributed by atoms with Crippen LogP contribution in [0.3, 0.4) is 0 Å². The predicted octanol–water partition coefficient (Wildman–Crippen LogP) is 1.70. The number of nitro groups is 1. The molecule has 2 rings (SSSR count). The first kappa shape index (κ1) is 15.0. The fraction of sp³-hybridized carbons (Fsp3) is 0.429. The Morgan fingerprint density at radius 1 is 1.33 bits per heavy atom. The zero-order valence-electron chi connectivity index (χ0n) is 11.8. The van der Waals surface area contributed by atoms with Crippen molar-refractivity contribution in [1.29, 1.82) is 0 Å². The topological polar surface area (TPSA) is 101 Å². The molecule has 21 heavy (non-hydrogen) atoms. The van der Waals surface area contributed by atoms with Crippen molar-refractivity contribution in [2.45, 2.75) is 13.8 Å². The minimum Gasteiger partial charge on any atom is -0.481 e. The smallest absolute Gasteiger partial charge is 0.308 e. The Labute approximate surface area is 121 Å². The van der Waals surface area contributed by atoms with Crippen molar-refractivity contribution < 1.29 is 19.6 Å². The van der Waals surface area contributed by atoms with Gasteiger partial charge in [0.1, 0.15) is 0 Å². The van der Waals surface area contributed by atoms with Crippen LogP contribution in [0.5, 0.6) is 0 Å². The summed E-state index contributed by atoms with van der Waals surface area (Å²) >= 11 is 0. The van der Waals surface area contributed by atoms with Gasteiger partial charge in [-0.25, -0.2) is 0 Å². The standard InChI is InChI=1S/C14H16N2O5/c1-8-3-10(5-11(4-8)16(20)21)13(17)15-6-9(2)12(7-15)14(18)19/h3-5,9,12H,6-7H2,1-2H3,(H,18,19). The molecule has 7 heteroatoms. The molecule has 2 unspecified atom stereocenters. The third-order valence-electron chi connectivity index (χ3n) is 3.74. The number of carboxylic acid groups (broad SMARTS) is 1. The molecule has 7 nitrogen and oxygen atoms in total. The molecule has 0 bridgehead atoms. The second kappa shape index (κ2) is 5.51. The van der Waals surface area contributed by atoms with Crippen LogP contribution in [0.4, 0.5) is 5.69 Å². The van der Waals surface area contributed by atoms with Crippen LogP contribution in [-0.2, 0) is 4.79 Å². The van der Waals surface area contributed by atoms with Gasteiger partial charge in [0.05, 0.1) is 10.8 Å². The molecule has 1 aliphatic rings. The zero-order valence-corrected chi connectivity index (χ0v) is 11.8. The molecule has 1 aromatic rings. The van der Waals surface area contributed by atoms with Crippen molar-refractivity contribution in [1.82, 2.24) is 4.90 Å². The van der Waals surface area contributed by atoms with Crippen LogP contribution < -0.4 is 0 Å². The molecule has 2 atom stereocenters. The lowest BCUT2D eigenvalue weighted by molar-refractivity contribution is -0.384. The van der Waals surface area contributed by atoms with Gasteiger partial charge in [-0.2, -0.15) is 0 Å². The van der Waals surface area contributed by atoms with Crippen molar-refractivity contribution in [2.75, 3.05) is 13.1 Å². The summed E-state index contributed by atoms with van der Waals surface area (Å²) in [4.78, 5) is 35.2. The Kier molecular flexibility index (Phi) is 3.93.